The van der Waals surface area contributed by atoms with Gasteiger partial charge in [-0.2, -0.15) is 0 Å². The maximum absolute atomic E-state index is 12.6. The standard InChI is InChI=1S/C23H28N4O2/c1-17-10-12-19(13-11-17)27-23(2)16-20(18-8-6-5-7-9-18)25(3)14-15-26(23)21(24-27)22(28)29-4/h5-13,20H,14-16H2,1-4H3/p+1. The zero-order valence-electron chi connectivity index (χ0n) is 17.6. The highest BCUT2D eigenvalue weighted by Crippen LogP contribution is 2.39. The lowest BCUT2D eigenvalue weighted by Gasteiger charge is -2.40. The smallest absolute Gasteiger partial charge is 0.375 e. The number of methoxy groups -OCH3 is 1. The summed E-state index contributed by atoms with van der Waals surface area (Å²) in [5, 5.41) is 6.77. The summed E-state index contributed by atoms with van der Waals surface area (Å²) in [6.45, 7) is 5.90. The van der Waals surface area contributed by atoms with E-state index in [0.29, 0.717) is 11.9 Å². The molecule has 1 N–H and O–H groups in total. The molecule has 4 rings (SSSR count). The van der Waals surface area contributed by atoms with Crippen LogP contribution >= 0.6 is 0 Å². The van der Waals surface area contributed by atoms with Gasteiger partial charge in [-0.25, -0.2) is 9.80 Å². The number of rotatable bonds is 3. The molecule has 152 valence electrons. The Hall–Kier alpha value is -2.86. The minimum absolute atomic E-state index is 0.298. The van der Waals surface area contributed by atoms with Gasteiger partial charge in [-0.1, -0.05) is 48.0 Å². The highest BCUT2D eigenvalue weighted by Gasteiger charge is 2.52. The fraction of sp³-hybridized carbons (Fsp3) is 0.391. The van der Waals surface area contributed by atoms with Gasteiger partial charge in [0, 0.05) is 12.0 Å². The van der Waals surface area contributed by atoms with Gasteiger partial charge in [0.1, 0.15) is 11.7 Å². The number of carbonyl (C=O) groups excluding carboxylic acids is 1. The van der Waals surface area contributed by atoms with Gasteiger partial charge < -0.3 is 14.5 Å². The van der Waals surface area contributed by atoms with Crippen LogP contribution in [0.3, 0.4) is 0 Å². The number of nitrogens with zero attached hydrogens (tertiary/aromatic N) is 3. The largest absolute Gasteiger partial charge is 0.463 e. The van der Waals surface area contributed by atoms with Crippen LogP contribution in [0.4, 0.5) is 5.69 Å². The van der Waals surface area contributed by atoms with Crippen molar-refractivity contribution < 1.29 is 14.4 Å². The number of aryl methyl sites for hydroxylation is 1. The Labute approximate surface area is 172 Å². The maximum Gasteiger partial charge on any atom is 0.375 e. The van der Waals surface area contributed by atoms with Crippen molar-refractivity contribution in [3.8, 4) is 0 Å². The number of carbonyl (C=O) groups is 1. The quantitative estimate of drug-likeness (QED) is 0.811. The number of esters is 1. The van der Waals surface area contributed by atoms with Gasteiger partial charge in [0.15, 0.2) is 0 Å². The molecule has 2 aliphatic heterocycles. The minimum Gasteiger partial charge on any atom is -0.463 e. The number of fused-ring (bicyclic) bond motifs is 1. The molecular weight excluding hydrogens is 364 g/mol. The zero-order chi connectivity index (χ0) is 20.6. The molecule has 1 fully saturated rings. The second kappa shape index (κ2) is 7.52. The van der Waals surface area contributed by atoms with E-state index in [1.165, 1.54) is 23.1 Å². The number of hydrogen-bond donors (Lipinski definition) is 1. The van der Waals surface area contributed by atoms with Crippen LogP contribution in [0.5, 0.6) is 0 Å². The van der Waals surface area contributed by atoms with E-state index in [1.54, 1.807) is 0 Å². The molecule has 0 bridgehead atoms. The first-order valence-electron chi connectivity index (χ1n) is 10.1. The van der Waals surface area contributed by atoms with Crippen LogP contribution in [0, 0.1) is 6.92 Å². The first kappa shape index (κ1) is 19.5. The molecule has 6 nitrogen and oxygen atoms in total. The Morgan fingerprint density at radius 3 is 2.52 bits per heavy atom. The summed E-state index contributed by atoms with van der Waals surface area (Å²) in [6, 6.07) is 19.2. The number of amidine groups is 1. The lowest BCUT2D eigenvalue weighted by atomic mass is 9.94. The minimum atomic E-state index is -0.461. The van der Waals surface area contributed by atoms with Gasteiger partial charge in [0.05, 0.1) is 32.9 Å². The highest BCUT2D eigenvalue weighted by atomic mass is 16.5. The van der Waals surface area contributed by atoms with Gasteiger partial charge >= 0.3 is 5.97 Å². The van der Waals surface area contributed by atoms with Crippen LogP contribution in [-0.4, -0.2) is 49.6 Å². The van der Waals surface area contributed by atoms with Crippen molar-refractivity contribution in [2.45, 2.75) is 32.0 Å². The van der Waals surface area contributed by atoms with E-state index >= 15 is 0 Å². The molecule has 1 saturated heterocycles. The Morgan fingerprint density at radius 1 is 1.17 bits per heavy atom. The SMILES string of the molecule is COC(=O)C1=NN(c2ccc(C)cc2)C2(C)CC(c3ccccc3)[NH+](C)CCN12. The molecule has 3 unspecified atom stereocenters. The van der Waals surface area contributed by atoms with Crippen molar-refractivity contribution in [3.63, 3.8) is 0 Å². The average Bonchev–Trinajstić information content (AvgIpc) is 2.95. The molecular formula is C23H29N4O2+. The fourth-order valence-corrected chi connectivity index (χ4v) is 4.52. The summed E-state index contributed by atoms with van der Waals surface area (Å²) in [5.41, 5.74) is 3.02. The number of ether oxygens (including phenoxy) is 1. The van der Waals surface area contributed by atoms with Crippen molar-refractivity contribution in [1.29, 1.82) is 0 Å². The van der Waals surface area contributed by atoms with Gasteiger partial charge in [0.25, 0.3) is 0 Å². The molecule has 2 aromatic rings. The highest BCUT2D eigenvalue weighted by molar-refractivity contribution is 6.36. The van der Waals surface area contributed by atoms with Crippen molar-refractivity contribution in [1.82, 2.24) is 4.90 Å². The van der Waals surface area contributed by atoms with Gasteiger partial charge in [-0.3, -0.25) is 0 Å². The van der Waals surface area contributed by atoms with Crippen molar-refractivity contribution in [2.75, 3.05) is 32.3 Å². The number of benzene rings is 2. The summed E-state index contributed by atoms with van der Waals surface area (Å²) < 4.78 is 5.07. The number of hydrogen-bond acceptors (Lipinski definition) is 5. The molecule has 6 heteroatoms. The maximum atomic E-state index is 12.6. The van der Waals surface area contributed by atoms with E-state index in [1.807, 2.05) is 5.01 Å². The number of likely N-dealkylation sites (N-methyl/N-ethyl adjacent to an activating group) is 1. The van der Waals surface area contributed by atoms with Crippen LogP contribution < -0.4 is 9.91 Å². The third-order valence-electron chi connectivity index (χ3n) is 6.25. The molecule has 0 aliphatic carbocycles. The molecule has 0 spiro atoms. The lowest BCUT2D eigenvalue weighted by molar-refractivity contribution is -0.910. The van der Waals surface area contributed by atoms with Crippen LogP contribution in [-0.2, 0) is 9.53 Å². The summed E-state index contributed by atoms with van der Waals surface area (Å²) in [7, 11) is 3.65. The molecule has 2 heterocycles. The zero-order valence-corrected chi connectivity index (χ0v) is 17.6. The average molecular weight is 394 g/mol. The predicted octanol–water partition coefficient (Wildman–Crippen LogP) is 1.98. The lowest BCUT2D eigenvalue weighted by Crippen LogP contribution is -3.09. The molecule has 29 heavy (non-hydrogen) atoms. The van der Waals surface area contributed by atoms with Crippen LogP contribution in [0.15, 0.2) is 59.7 Å². The number of nitrogens with one attached hydrogen (secondary N) is 1. The van der Waals surface area contributed by atoms with E-state index in [9.17, 15) is 4.79 Å². The summed E-state index contributed by atoms with van der Waals surface area (Å²) >= 11 is 0. The van der Waals surface area contributed by atoms with E-state index < -0.39 is 5.66 Å². The predicted molar refractivity (Wildman–Crippen MR) is 114 cm³/mol. The van der Waals surface area contributed by atoms with Crippen molar-refractivity contribution in [2.24, 2.45) is 5.10 Å². The normalized spacial score (nSPS) is 26.6. The third kappa shape index (κ3) is 3.38. The molecule has 0 radical (unpaired) electrons. The van der Waals surface area contributed by atoms with E-state index in [0.717, 1.165) is 25.2 Å². The van der Waals surface area contributed by atoms with Gasteiger partial charge in [-0.15, -0.1) is 5.10 Å². The van der Waals surface area contributed by atoms with Crippen molar-refractivity contribution in [3.05, 3.63) is 65.7 Å². The fourth-order valence-electron chi connectivity index (χ4n) is 4.52. The molecule has 2 aromatic carbocycles. The van der Waals surface area contributed by atoms with Crippen LogP contribution in [0.25, 0.3) is 0 Å². The van der Waals surface area contributed by atoms with E-state index in [-0.39, 0.29) is 5.97 Å². The van der Waals surface area contributed by atoms with Crippen molar-refractivity contribution >= 4 is 17.5 Å². The Bertz CT molecular complexity index is 912. The summed E-state index contributed by atoms with van der Waals surface area (Å²) in [5.74, 6) is -0.00117. The third-order valence-corrected chi connectivity index (χ3v) is 6.25. The first-order chi connectivity index (χ1) is 13.9. The first-order valence-corrected chi connectivity index (χ1v) is 10.1. The van der Waals surface area contributed by atoms with Crippen LogP contribution in [0.1, 0.15) is 30.5 Å². The van der Waals surface area contributed by atoms with Gasteiger partial charge in [0.2, 0.25) is 5.84 Å². The Morgan fingerprint density at radius 2 is 1.86 bits per heavy atom. The second-order valence-electron chi connectivity index (χ2n) is 8.19. The Balaban J connectivity index is 1.79. The molecule has 0 amide bonds. The van der Waals surface area contributed by atoms with E-state index in [2.05, 4.69) is 80.4 Å². The topological polar surface area (TPSA) is 49.6 Å². The molecule has 2 aliphatic rings. The Kier molecular flexibility index (Phi) is 5.04. The molecule has 0 aromatic heterocycles. The monoisotopic (exact) mass is 393 g/mol. The van der Waals surface area contributed by atoms with Gasteiger partial charge in [-0.05, 0) is 26.0 Å². The molecule has 0 saturated carbocycles. The number of anilines is 1. The molecule has 3 atom stereocenters. The van der Waals surface area contributed by atoms with Crippen LogP contribution in [0.2, 0.25) is 0 Å². The summed E-state index contributed by atoms with van der Waals surface area (Å²) in [4.78, 5) is 16.1. The second-order valence-corrected chi connectivity index (χ2v) is 8.19. The van der Waals surface area contributed by atoms with E-state index in [4.69, 9.17) is 9.84 Å². The summed E-state index contributed by atoms with van der Waals surface area (Å²) in [6.07, 6.45) is 0.834. The number of quaternary nitrogens is 1. The number of hydrazone groups is 1.